The zero-order valence-electron chi connectivity index (χ0n) is 8.34. The average Bonchev–Trinajstić information content (AvgIpc) is 1.82. The van der Waals surface area contributed by atoms with Gasteiger partial charge >= 0.3 is 0 Å². The van der Waals surface area contributed by atoms with E-state index in [0.717, 1.165) is 6.54 Å². The molecular formula is C8H17N2ORh-. The van der Waals surface area contributed by atoms with Crippen LogP contribution in [0, 0.1) is 5.41 Å². The van der Waals surface area contributed by atoms with Crippen molar-refractivity contribution in [2.45, 2.75) is 20.8 Å². The van der Waals surface area contributed by atoms with E-state index in [1.54, 1.807) is 11.9 Å². The van der Waals surface area contributed by atoms with E-state index in [0.29, 0.717) is 0 Å². The number of nitrogens with zero attached hydrogens (tertiary/aromatic N) is 2. The monoisotopic (exact) mass is 260 g/mol. The SMILES string of the molecule is C[N-]C(=O)N(C)CC(C)(C)C.[Rh]. The van der Waals surface area contributed by atoms with Crippen molar-refractivity contribution in [3.63, 3.8) is 0 Å². The van der Waals surface area contributed by atoms with Crippen molar-refractivity contribution >= 4 is 6.03 Å². The van der Waals surface area contributed by atoms with Crippen molar-refractivity contribution in [2.75, 3.05) is 20.6 Å². The molecule has 0 rings (SSSR count). The van der Waals surface area contributed by atoms with Gasteiger partial charge in [0.2, 0.25) is 0 Å². The summed E-state index contributed by atoms with van der Waals surface area (Å²) in [5.74, 6) is 0. The van der Waals surface area contributed by atoms with Crippen LogP contribution in [0.1, 0.15) is 20.8 Å². The molecule has 0 heterocycles. The average molecular weight is 260 g/mol. The fourth-order valence-corrected chi connectivity index (χ4v) is 0.950. The molecule has 0 saturated carbocycles. The predicted molar refractivity (Wildman–Crippen MR) is 46.8 cm³/mol. The van der Waals surface area contributed by atoms with Crippen LogP contribution in [0.25, 0.3) is 5.32 Å². The second kappa shape index (κ2) is 5.52. The minimum atomic E-state index is -0.153. The van der Waals surface area contributed by atoms with Gasteiger partial charge in [-0.15, -0.1) is 0 Å². The number of urea groups is 1. The minimum absolute atomic E-state index is 0. The molecule has 0 aromatic rings. The molecule has 0 saturated heterocycles. The molecule has 0 aliphatic rings. The summed E-state index contributed by atoms with van der Waals surface area (Å²) in [7, 11) is 3.28. The van der Waals surface area contributed by atoms with Gasteiger partial charge in [0.05, 0.1) is 0 Å². The van der Waals surface area contributed by atoms with E-state index in [9.17, 15) is 4.79 Å². The van der Waals surface area contributed by atoms with E-state index in [1.165, 1.54) is 7.05 Å². The Morgan fingerprint density at radius 1 is 1.42 bits per heavy atom. The Morgan fingerprint density at radius 3 is 2.08 bits per heavy atom. The molecule has 0 aromatic heterocycles. The molecule has 1 radical (unpaired) electrons. The Kier molecular flexibility index (Phi) is 6.64. The molecular weight excluding hydrogens is 243 g/mol. The van der Waals surface area contributed by atoms with Crippen LogP contribution in [0.4, 0.5) is 4.79 Å². The fourth-order valence-electron chi connectivity index (χ4n) is 0.950. The predicted octanol–water partition coefficient (Wildman–Crippen LogP) is 2.09. The molecule has 0 aliphatic heterocycles. The Balaban J connectivity index is 0. The first kappa shape index (κ1) is 14.4. The van der Waals surface area contributed by atoms with Crippen molar-refractivity contribution in [1.82, 2.24) is 4.90 Å². The molecule has 75 valence electrons. The summed E-state index contributed by atoms with van der Waals surface area (Å²) in [5.41, 5.74) is 0.148. The minimum Gasteiger partial charge on any atom is -0.439 e. The molecule has 0 bridgehead atoms. The van der Waals surface area contributed by atoms with Crippen molar-refractivity contribution in [1.29, 1.82) is 0 Å². The number of amides is 2. The van der Waals surface area contributed by atoms with Crippen LogP contribution < -0.4 is 0 Å². The first-order chi connectivity index (χ1) is 4.87. The third-order valence-corrected chi connectivity index (χ3v) is 1.23. The summed E-state index contributed by atoms with van der Waals surface area (Å²) < 4.78 is 0. The van der Waals surface area contributed by atoms with E-state index in [4.69, 9.17) is 0 Å². The number of hydrogen-bond acceptors (Lipinski definition) is 1. The third-order valence-electron chi connectivity index (χ3n) is 1.23. The fraction of sp³-hybridized carbons (Fsp3) is 0.875. The van der Waals surface area contributed by atoms with E-state index >= 15 is 0 Å². The first-order valence-corrected chi connectivity index (χ1v) is 3.72. The van der Waals surface area contributed by atoms with Gasteiger partial charge < -0.3 is 10.2 Å². The van der Waals surface area contributed by atoms with Gasteiger partial charge in [0.15, 0.2) is 6.03 Å². The summed E-state index contributed by atoms with van der Waals surface area (Å²) in [6.07, 6.45) is 0. The van der Waals surface area contributed by atoms with E-state index in [1.807, 2.05) is 0 Å². The van der Waals surface area contributed by atoms with Crippen LogP contribution in [-0.4, -0.2) is 31.6 Å². The molecule has 0 unspecified atom stereocenters. The number of hydrogen-bond donors (Lipinski definition) is 0. The van der Waals surface area contributed by atoms with Crippen LogP contribution in [-0.2, 0) is 19.5 Å². The van der Waals surface area contributed by atoms with Gasteiger partial charge in [0, 0.05) is 19.5 Å². The Morgan fingerprint density at radius 2 is 1.83 bits per heavy atom. The quantitative estimate of drug-likeness (QED) is 0.665. The maximum absolute atomic E-state index is 10.9. The van der Waals surface area contributed by atoms with E-state index in [-0.39, 0.29) is 30.9 Å². The second-order valence-electron chi connectivity index (χ2n) is 3.92. The normalized spacial score (nSPS) is 10.1. The molecule has 0 atom stereocenters. The standard InChI is InChI=1S/C8H18N2O.Rh/c1-8(2,3)6-10(5)7(11)9-4;/h6H2,1-5H3,(H,9,11);/p-1. The van der Waals surface area contributed by atoms with Gasteiger partial charge in [-0.2, -0.15) is 0 Å². The van der Waals surface area contributed by atoms with Gasteiger partial charge in [0.1, 0.15) is 0 Å². The second-order valence-corrected chi connectivity index (χ2v) is 3.92. The zero-order valence-corrected chi connectivity index (χ0v) is 9.98. The molecule has 3 nitrogen and oxygen atoms in total. The van der Waals surface area contributed by atoms with E-state index < -0.39 is 0 Å². The summed E-state index contributed by atoms with van der Waals surface area (Å²) in [4.78, 5) is 12.6. The Labute approximate surface area is 87.6 Å². The smallest absolute Gasteiger partial charge is 0.155 e. The number of carbonyl (C=O) groups is 1. The summed E-state index contributed by atoms with van der Waals surface area (Å²) in [5, 5.41) is 3.56. The molecule has 0 fully saturated rings. The maximum atomic E-state index is 10.9. The van der Waals surface area contributed by atoms with Gasteiger partial charge in [0.25, 0.3) is 0 Å². The van der Waals surface area contributed by atoms with Crippen LogP contribution in [0.3, 0.4) is 0 Å². The van der Waals surface area contributed by atoms with Gasteiger partial charge in [-0.25, -0.2) is 0 Å². The zero-order chi connectivity index (χ0) is 9.07. The van der Waals surface area contributed by atoms with Crippen molar-refractivity contribution in [3.8, 4) is 0 Å². The van der Waals surface area contributed by atoms with Crippen molar-refractivity contribution < 1.29 is 24.3 Å². The number of rotatable bonds is 1. The number of carbonyl (C=O) groups excluding carboxylic acids is 1. The largest absolute Gasteiger partial charge is 0.439 e. The molecule has 0 N–H and O–H groups in total. The van der Waals surface area contributed by atoms with Gasteiger partial charge in [-0.05, 0) is 12.0 Å². The van der Waals surface area contributed by atoms with Gasteiger partial charge in [-0.1, -0.05) is 34.9 Å². The van der Waals surface area contributed by atoms with Crippen LogP contribution in [0.2, 0.25) is 0 Å². The molecule has 0 spiro atoms. The molecule has 0 aliphatic carbocycles. The summed E-state index contributed by atoms with van der Waals surface area (Å²) in [6.45, 7) is 7.01. The molecule has 0 aromatic carbocycles. The maximum Gasteiger partial charge on any atom is 0.155 e. The van der Waals surface area contributed by atoms with Crippen LogP contribution in [0.15, 0.2) is 0 Å². The summed E-state index contributed by atoms with van der Waals surface area (Å²) in [6, 6.07) is -0.153. The topological polar surface area (TPSA) is 34.4 Å². The first-order valence-electron chi connectivity index (χ1n) is 3.72. The molecule has 2 amide bonds. The molecule has 12 heavy (non-hydrogen) atoms. The Bertz CT molecular complexity index is 142. The van der Waals surface area contributed by atoms with Crippen molar-refractivity contribution in [2.24, 2.45) is 5.41 Å². The van der Waals surface area contributed by atoms with Crippen LogP contribution >= 0.6 is 0 Å². The summed E-state index contributed by atoms with van der Waals surface area (Å²) >= 11 is 0. The molecule has 4 heteroatoms. The van der Waals surface area contributed by atoms with E-state index in [2.05, 4.69) is 26.1 Å². The van der Waals surface area contributed by atoms with Crippen LogP contribution in [0.5, 0.6) is 0 Å². The van der Waals surface area contributed by atoms with Gasteiger partial charge in [-0.3, -0.25) is 4.79 Å². The Hall–Kier alpha value is -0.107. The third kappa shape index (κ3) is 6.59. The van der Waals surface area contributed by atoms with Crippen molar-refractivity contribution in [3.05, 3.63) is 5.32 Å².